The van der Waals surface area contributed by atoms with Gasteiger partial charge in [-0.3, -0.25) is 0 Å². The summed E-state index contributed by atoms with van der Waals surface area (Å²) >= 11 is -0.0793. The highest BCUT2D eigenvalue weighted by molar-refractivity contribution is 8.00. The zero-order valence-electron chi connectivity index (χ0n) is 9.01. The van der Waals surface area contributed by atoms with E-state index >= 15 is 0 Å². The molecule has 1 heterocycles. The number of nitrogen functional groups attached to an aromatic ring is 1. The molecule has 0 radical (unpaired) electrons. The van der Waals surface area contributed by atoms with Crippen molar-refractivity contribution in [3.8, 4) is 0 Å². The molecule has 0 fully saturated rings. The van der Waals surface area contributed by atoms with Gasteiger partial charge in [0.25, 0.3) is 0 Å². The van der Waals surface area contributed by atoms with E-state index in [2.05, 4.69) is 20.7 Å². The van der Waals surface area contributed by atoms with Crippen LogP contribution < -0.4 is 16.6 Å². The Morgan fingerprint density at radius 3 is 2.59 bits per heavy atom. The maximum atomic E-state index is 11.8. The number of nitrogens with one attached hydrogen (secondary N) is 2. The van der Waals surface area contributed by atoms with E-state index in [1.54, 1.807) is 6.92 Å². The first-order valence-corrected chi connectivity index (χ1v) is 5.66. The van der Waals surface area contributed by atoms with E-state index < -0.39 is 5.51 Å². The van der Waals surface area contributed by atoms with E-state index in [4.69, 9.17) is 5.84 Å². The fraction of sp³-hybridized carbons (Fsp3) is 0.500. The van der Waals surface area contributed by atoms with Crippen LogP contribution in [0.2, 0.25) is 0 Å². The van der Waals surface area contributed by atoms with Crippen LogP contribution in [0.1, 0.15) is 5.82 Å². The van der Waals surface area contributed by atoms with Gasteiger partial charge in [0, 0.05) is 18.4 Å². The van der Waals surface area contributed by atoms with Gasteiger partial charge in [0.1, 0.15) is 17.5 Å². The van der Waals surface area contributed by atoms with Crippen molar-refractivity contribution in [3.63, 3.8) is 0 Å². The molecule has 5 nitrogen and oxygen atoms in total. The summed E-state index contributed by atoms with van der Waals surface area (Å²) < 4.78 is 35.5. The number of hydrogen-bond acceptors (Lipinski definition) is 6. The topological polar surface area (TPSA) is 75.9 Å². The lowest BCUT2D eigenvalue weighted by Gasteiger charge is -2.09. The van der Waals surface area contributed by atoms with Gasteiger partial charge in [-0.15, -0.1) is 0 Å². The van der Waals surface area contributed by atoms with Crippen molar-refractivity contribution < 1.29 is 13.2 Å². The zero-order valence-corrected chi connectivity index (χ0v) is 9.82. The minimum atomic E-state index is -4.20. The first kappa shape index (κ1) is 13.8. The molecule has 0 spiro atoms. The molecule has 0 amide bonds. The number of alkyl halides is 3. The lowest BCUT2D eigenvalue weighted by atomic mass is 10.5. The van der Waals surface area contributed by atoms with Gasteiger partial charge in [-0.25, -0.2) is 15.8 Å². The van der Waals surface area contributed by atoms with Crippen molar-refractivity contribution in [3.05, 3.63) is 11.9 Å². The van der Waals surface area contributed by atoms with Gasteiger partial charge in [0.05, 0.1) is 0 Å². The molecule has 0 saturated carbocycles. The Kier molecular flexibility index (Phi) is 4.82. The number of thioether (sulfide) groups is 1. The van der Waals surface area contributed by atoms with Crippen LogP contribution in [-0.4, -0.2) is 27.8 Å². The maximum Gasteiger partial charge on any atom is 0.441 e. The summed E-state index contributed by atoms with van der Waals surface area (Å²) in [4.78, 5) is 7.95. The molecule has 1 aromatic heterocycles. The Morgan fingerprint density at radius 1 is 1.35 bits per heavy atom. The molecule has 17 heavy (non-hydrogen) atoms. The Balaban J connectivity index is 2.44. The van der Waals surface area contributed by atoms with E-state index in [-0.39, 0.29) is 24.1 Å². The highest BCUT2D eigenvalue weighted by atomic mass is 32.2. The van der Waals surface area contributed by atoms with Crippen molar-refractivity contribution >= 4 is 23.4 Å². The molecule has 0 aliphatic rings. The van der Waals surface area contributed by atoms with E-state index in [9.17, 15) is 13.2 Å². The number of rotatable bonds is 5. The molecule has 0 bridgehead atoms. The average molecular weight is 267 g/mol. The monoisotopic (exact) mass is 267 g/mol. The molecule has 0 atom stereocenters. The van der Waals surface area contributed by atoms with E-state index in [1.165, 1.54) is 6.07 Å². The number of halogens is 3. The largest absolute Gasteiger partial charge is 0.441 e. The summed E-state index contributed by atoms with van der Waals surface area (Å²) in [5, 5.41) is 2.77. The van der Waals surface area contributed by atoms with Crippen molar-refractivity contribution in [1.82, 2.24) is 9.97 Å². The highest BCUT2D eigenvalue weighted by Gasteiger charge is 2.27. The van der Waals surface area contributed by atoms with Crippen LogP contribution in [0.5, 0.6) is 0 Å². The van der Waals surface area contributed by atoms with Crippen LogP contribution in [0.3, 0.4) is 0 Å². The molecule has 0 unspecified atom stereocenters. The number of hydrazine groups is 1. The minimum absolute atomic E-state index is 0.0793. The number of anilines is 2. The number of nitrogens with two attached hydrogens (primary N) is 1. The Bertz CT molecular complexity index is 371. The van der Waals surface area contributed by atoms with Gasteiger partial charge in [-0.2, -0.15) is 13.2 Å². The second kappa shape index (κ2) is 5.92. The van der Waals surface area contributed by atoms with Gasteiger partial charge < -0.3 is 10.7 Å². The molecule has 1 aromatic rings. The Hall–Kier alpha value is -1.22. The van der Waals surface area contributed by atoms with Crippen molar-refractivity contribution in [2.45, 2.75) is 12.4 Å². The van der Waals surface area contributed by atoms with Crippen molar-refractivity contribution in [1.29, 1.82) is 0 Å². The number of nitrogens with zero attached hydrogens (tertiary/aromatic N) is 2. The SMILES string of the molecule is Cc1nc(NN)cc(NCCSC(F)(F)F)n1. The van der Waals surface area contributed by atoms with Gasteiger partial charge in [0.15, 0.2) is 0 Å². The maximum absolute atomic E-state index is 11.8. The minimum Gasteiger partial charge on any atom is -0.369 e. The molecule has 0 saturated heterocycles. The molecule has 9 heteroatoms. The number of aryl methyl sites for hydroxylation is 1. The molecule has 4 N–H and O–H groups in total. The summed E-state index contributed by atoms with van der Waals surface area (Å²) in [5.74, 6) is 6.42. The third-order valence-electron chi connectivity index (χ3n) is 1.66. The van der Waals surface area contributed by atoms with E-state index in [0.717, 1.165) is 0 Å². The van der Waals surface area contributed by atoms with Crippen LogP contribution in [0.4, 0.5) is 24.8 Å². The lowest BCUT2D eigenvalue weighted by molar-refractivity contribution is -0.0327. The van der Waals surface area contributed by atoms with Crippen LogP contribution in [-0.2, 0) is 0 Å². The Labute approximate surface area is 100 Å². The smallest absolute Gasteiger partial charge is 0.369 e. The molecule has 1 rings (SSSR count). The van der Waals surface area contributed by atoms with Crippen molar-refractivity contribution in [2.24, 2.45) is 5.84 Å². The summed E-state index contributed by atoms with van der Waals surface area (Å²) in [6, 6.07) is 1.52. The number of hydrogen-bond donors (Lipinski definition) is 3. The number of aromatic nitrogens is 2. The predicted octanol–water partition coefficient (Wildman–Crippen LogP) is 1.74. The quantitative estimate of drug-likeness (QED) is 0.428. The molecule has 96 valence electrons. The normalized spacial score (nSPS) is 11.4. The molecule has 0 aliphatic carbocycles. The van der Waals surface area contributed by atoms with Gasteiger partial charge in [-0.1, -0.05) is 0 Å². The van der Waals surface area contributed by atoms with Crippen LogP contribution in [0.25, 0.3) is 0 Å². The van der Waals surface area contributed by atoms with E-state index in [0.29, 0.717) is 17.5 Å². The Morgan fingerprint density at radius 2 is 2.00 bits per heavy atom. The molecular weight excluding hydrogens is 255 g/mol. The lowest BCUT2D eigenvalue weighted by Crippen LogP contribution is -2.13. The summed E-state index contributed by atoms with van der Waals surface area (Å²) in [7, 11) is 0. The molecule has 0 aliphatic heterocycles. The molecular formula is C8H12F3N5S. The van der Waals surface area contributed by atoms with Crippen LogP contribution >= 0.6 is 11.8 Å². The second-order valence-corrected chi connectivity index (χ2v) is 4.21. The van der Waals surface area contributed by atoms with Crippen molar-refractivity contribution in [2.75, 3.05) is 23.0 Å². The van der Waals surface area contributed by atoms with Crippen LogP contribution in [0, 0.1) is 6.92 Å². The first-order valence-electron chi connectivity index (χ1n) is 4.67. The zero-order chi connectivity index (χ0) is 12.9. The second-order valence-electron chi connectivity index (χ2n) is 3.05. The highest BCUT2D eigenvalue weighted by Crippen LogP contribution is 2.29. The standard InChI is InChI=1S/C8H12F3N5S/c1-5-14-6(4-7(15-5)16-12)13-2-3-17-8(9,10)11/h4H,2-3,12H2,1H3,(H2,13,14,15,16). The van der Waals surface area contributed by atoms with Gasteiger partial charge in [0.2, 0.25) is 0 Å². The summed E-state index contributed by atoms with van der Waals surface area (Å²) in [6.07, 6.45) is 0. The summed E-state index contributed by atoms with van der Waals surface area (Å²) in [6.45, 7) is 1.82. The van der Waals surface area contributed by atoms with Gasteiger partial charge >= 0.3 is 5.51 Å². The van der Waals surface area contributed by atoms with Crippen LogP contribution in [0.15, 0.2) is 6.07 Å². The molecule has 0 aromatic carbocycles. The first-order chi connectivity index (χ1) is 7.90. The fourth-order valence-electron chi connectivity index (χ4n) is 1.08. The average Bonchev–Trinajstić information content (AvgIpc) is 2.22. The van der Waals surface area contributed by atoms with Gasteiger partial charge in [-0.05, 0) is 18.7 Å². The third kappa shape index (κ3) is 5.59. The third-order valence-corrected chi connectivity index (χ3v) is 2.40. The summed E-state index contributed by atoms with van der Waals surface area (Å²) in [5.41, 5.74) is -1.85. The van der Waals surface area contributed by atoms with E-state index in [1.807, 2.05) is 0 Å². The predicted molar refractivity (Wildman–Crippen MR) is 61.6 cm³/mol. The fourth-order valence-corrected chi connectivity index (χ4v) is 1.51.